The number of nitrogens with zero attached hydrogens (tertiary/aromatic N) is 3. The molecule has 2 unspecified atom stereocenters. The van der Waals surface area contributed by atoms with Crippen LogP contribution in [0.2, 0.25) is 0 Å². The maximum Gasteiger partial charge on any atom is 0.243 e. The fraction of sp³-hybridized carbons (Fsp3) is 0.722. The average Bonchev–Trinajstić information content (AvgIpc) is 3.05. The second-order valence-corrected chi connectivity index (χ2v) is 14.2. The molecule has 4 aliphatic rings. The summed E-state index contributed by atoms with van der Waals surface area (Å²) in [6.45, 7) is 21.5. The third-order valence-electron chi connectivity index (χ3n) is 10.9. The summed E-state index contributed by atoms with van der Waals surface area (Å²) >= 11 is 0. The van der Waals surface area contributed by atoms with Crippen LogP contribution in [0.15, 0.2) is 36.4 Å². The minimum Gasteiger partial charge on any atom is -0.381 e. The Hall–Kier alpha value is -2.30. The Morgan fingerprint density at radius 1 is 1.07 bits per heavy atom. The number of hydrogen-bond acceptors (Lipinski definition) is 8. The van der Waals surface area contributed by atoms with Crippen molar-refractivity contribution in [2.45, 2.75) is 89.9 Å². The lowest BCUT2D eigenvalue weighted by atomic mass is 9.84. The lowest BCUT2D eigenvalue weighted by molar-refractivity contribution is -0.134. The normalized spacial score (nSPS) is 25.7. The van der Waals surface area contributed by atoms with Crippen LogP contribution in [0.1, 0.15) is 71.3 Å². The Kier molecular flexibility index (Phi) is 12.1. The topological polar surface area (TPSA) is 86.4 Å². The number of nitrogens with one attached hydrogen (secondary N) is 2. The third kappa shape index (κ3) is 8.95. The van der Waals surface area contributed by atoms with E-state index in [0.29, 0.717) is 32.0 Å². The molecule has 0 saturated carbocycles. The number of para-hydroxylation sites is 1. The highest BCUT2D eigenvalue weighted by molar-refractivity contribution is 6.00. The van der Waals surface area contributed by atoms with Crippen molar-refractivity contribution in [2.75, 3.05) is 70.5 Å². The Bertz CT molecular complexity index is 1150. The van der Waals surface area contributed by atoms with Gasteiger partial charge in [-0.1, -0.05) is 45.0 Å². The lowest BCUT2D eigenvalue weighted by Gasteiger charge is -2.42. The number of amides is 2. The second kappa shape index (κ2) is 16.0. The van der Waals surface area contributed by atoms with Crippen LogP contribution in [0.5, 0.6) is 0 Å². The molecule has 9 heteroatoms. The maximum atomic E-state index is 12.3. The van der Waals surface area contributed by atoms with Gasteiger partial charge in [-0.3, -0.25) is 24.7 Å². The highest BCUT2D eigenvalue weighted by atomic mass is 16.5. The highest BCUT2D eigenvalue weighted by Crippen LogP contribution is 2.32. The first kappa shape index (κ1) is 34.0. The van der Waals surface area contributed by atoms with Crippen LogP contribution in [0.3, 0.4) is 0 Å². The van der Waals surface area contributed by atoms with Crippen LogP contribution in [0.4, 0.5) is 5.69 Å². The average molecular weight is 624 g/mol. The quantitative estimate of drug-likeness (QED) is 0.252. The van der Waals surface area contributed by atoms with E-state index in [4.69, 9.17) is 9.47 Å². The molecule has 4 aliphatic heterocycles. The van der Waals surface area contributed by atoms with Crippen molar-refractivity contribution in [1.82, 2.24) is 20.4 Å². The van der Waals surface area contributed by atoms with Crippen LogP contribution in [0, 0.1) is 11.8 Å². The summed E-state index contributed by atoms with van der Waals surface area (Å²) in [6, 6.07) is 8.97. The highest BCUT2D eigenvalue weighted by Gasteiger charge is 2.36. The summed E-state index contributed by atoms with van der Waals surface area (Å²) in [5.74, 6) is 0.556. The number of carbonyl (C=O) groups is 2. The molecule has 4 fully saturated rings. The molecular weight excluding hydrogens is 566 g/mol. The van der Waals surface area contributed by atoms with Gasteiger partial charge in [-0.25, -0.2) is 0 Å². The van der Waals surface area contributed by atoms with Crippen molar-refractivity contribution >= 4 is 17.5 Å². The number of hydrogen-bond donors (Lipinski definition) is 2. The Morgan fingerprint density at radius 2 is 1.82 bits per heavy atom. The van der Waals surface area contributed by atoms with Crippen molar-refractivity contribution in [3.05, 3.63) is 42.0 Å². The van der Waals surface area contributed by atoms with E-state index in [0.717, 1.165) is 70.4 Å². The summed E-state index contributed by atoms with van der Waals surface area (Å²) in [5, 5.41) is 5.76. The Labute approximate surface area is 271 Å². The lowest BCUT2D eigenvalue weighted by Crippen LogP contribution is -2.52. The van der Waals surface area contributed by atoms with Crippen molar-refractivity contribution in [3.8, 4) is 0 Å². The van der Waals surface area contributed by atoms with Gasteiger partial charge in [0.25, 0.3) is 0 Å². The predicted octanol–water partition coefficient (Wildman–Crippen LogP) is 3.97. The smallest absolute Gasteiger partial charge is 0.243 e. The summed E-state index contributed by atoms with van der Waals surface area (Å²) in [7, 11) is 0. The molecule has 4 saturated heterocycles. The van der Waals surface area contributed by atoms with Gasteiger partial charge >= 0.3 is 0 Å². The van der Waals surface area contributed by atoms with Crippen LogP contribution >= 0.6 is 0 Å². The summed E-state index contributed by atoms with van der Waals surface area (Å²) in [4.78, 5) is 31.7. The summed E-state index contributed by atoms with van der Waals surface area (Å²) in [5.41, 5.74) is 3.20. The van der Waals surface area contributed by atoms with E-state index in [1.54, 1.807) is 0 Å². The van der Waals surface area contributed by atoms with Gasteiger partial charge in [-0.05, 0) is 74.6 Å². The van der Waals surface area contributed by atoms with Gasteiger partial charge in [0.05, 0.1) is 18.2 Å². The number of ether oxygens (including phenoxy) is 2. The van der Waals surface area contributed by atoms with E-state index in [1.165, 1.54) is 43.5 Å². The standard InChI is InChI=1S/C36H57N5O4/c1-27(2)36(4,28(3)23-37-32-12-13-34(42)38-35(32)43)45-26-31-10-7-8-16-41(31)25-30-9-5-6-11-33(30)40-19-17-39(18-20-40)24-29-14-21-44-22-15-29/h5-6,9,11,27,29,31-32,37H,3,7-8,10,12-26H2,1-2,4H3,(H,38,42,43)/t31-,32?,36?/m1/s1. The molecule has 250 valence electrons. The maximum absolute atomic E-state index is 12.3. The molecule has 45 heavy (non-hydrogen) atoms. The predicted molar refractivity (Wildman–Crippen MR) is 179 cm³/mol. The number of rotatable bonds is 13. The minimum atomic E-state index is -0.528. The molecule has 0 spiro atoms. The van der Waals surface area contributed by atoms with Crippen molar-refractivity contribution < 1.29 is 19.1 Å². The fourth-order valence-corrected chi connectivity index (χ4v) is 7.35. The molecule has 1 aromatic carbocycles. The molecule has 4 heterocycles. The van der Waals surface area contributed by atoms with Gasteiger partial charge in [-0.15, -0.1) is 0 Å². The molecular formula is C36H57N5O4. The molecule has 0 radical (unpaired) electrons. The fourth-order valence-electron chi connectivity index (χ4n) is 7.35. The van der Waals surface area contributed by atoms with Crippen molar-refractivity contribution in [1.29, 1.82) is 0 Å². The first-order valence-corrected chi connectivity index (χ1v) is 17.5. The van der Waals surface area contributed by atoms with Crippen LogP contribution in [0.25, 0.3) is 0 Å². The number of piperazine rings is 1. The Morgan fingerprint density at radius 3 is 2.56 bits per heavy atom. The van der Waals surface area contributed by atoms with E-state index in [9.17, 15) is 9.59 Å². The number of imide groups is 1. The van der Waals surface area contributed by atoms with Crippen LogP contribution in [-0.2, 0) is 25.6 Å². The molecule has 2 amide bonds. The van der Waals surface area contributed by atoms with E-state index in [1.807, 2.05) is 0 Å². The number of likely N-dealkylation sites (tertiary alicyclic amines) is 1. The summed E-state index contributed by atoms with van der Waals surface area (Å²) < 4.78 is 12.4. The molecule has 9 nitrogen and oxygen atoms in total. The van der Waals surface area contributed by atoms with Gasteiger partial charge in [0, 0.05) is 77.2 Å². The molecule has 5 rings (SSSR count). The largest absolute Gasteiger partial charge is 0.381 e. The number of anilines is 1. The zero-order valence-electron chi connectivity index (χ0n) is 28.0. The zero-order chi connectivity index (χ0) is 31.8. The Balaban J connectivity index is 1.16. The molecule has 0 bridgehead atoms. The molecule has 1 aromatic rings. The number of piperidine rings is 2. The van der Waals surface area contributed by atoms with E-state index in [-0.39, 0.29) is 23.8 Å². The second-order valence-electron chi connectivity index (χ2n) is 14.2. The van der Waals surface area contributed by atoms with E-state index in [2.05, 4.69) is 76.9 Å². The van der Waals surface area contributed by atoms with Crippen molar-refractivity contribution in [3.63, 3.8) is 0 Å². The van der Waals surface area contributed by atoms with Gasteiger partial charge in [0.1, 0.15) is 0 Å². The first-order chi connectivity index (χ1) is 21.7. The van der Waals surface area contributed by atoms with Crippen LogP contribution in [-0.4, -0.2) is 105 Å². The number of carbonyl (C=O) groups excluding carboxylic acids is 2. The van der Waals surface area contributed by atoms with E-state index < -0.39 is 5.60 Å². The number of benzene rings is 1. The van der Waals surface area contributed by atoms with Gasteiger partial charge in [-0.2, -0.15) is 0 Å². The third-order valence-corrected chi connectivity index (χ3v) is 10.9. The van der Waals surface area contributed by atoms with Gasteiger partial charge < -0.3 is 19.7 Å². The van der Waals surface area contributed by atoms with Gasteiger partial charge in [0.15, 0.2) is 0 Å². The zero-order valence-corrected chi connectivity index (χ0v) is 28.0. The van der Waals surface area contributed by atoms with Crippen molar-refractivity contribution in [2.24, 2.45) is 11.8 Å². The molecule has 0 aromatic heterocycles. The molecule has 0 aliphatic carbocycles. The van der Waals surface area contributed by atoms with E-state index >= 15 is 0 Å². The first-order valence-electron chi connectivity index (χ1n) is 17.5. The minimum absolute atomic E-state index is 0.199. The van der Waals surface area contributed by atoms with Crippen LogP contribution < -0.4 is 15.5 Å². The SMILES string of the molecule is C=C(CNC1CCC(=O)NC1=O)C(C)(OC[C@H]1CCCCN1Cc1ccccc1N1CCN(CC2CCOCC2)CC1)C(C)C. The summed E-state index contributed by atoms with van der Waals surface area (Å²) in [6.07, 6.45) is 6.84. The van der Waals surface area contributed by atoms with Gasteiger partial charge in [0.2, 0.25) is 11.8 Å². The monoisotopic (exact) mass is 623 g/mol. The molecule has 3 atom stereocenters. The molecule has 2 N–H and O–H groups in total.